The minimum Gasteiger partial charge on any atom is -0.378 e. The van der Waals surface area contributed by atoms with E-state index >= 15 is 0 Å². The molecular formula is C11H15ClN2O2. The molecule has 88 valence electrons. The summed E-state index contributed by atoms with van der Waals surface area (Å²) in [6, 6.07) is 3.49. The van der Waals surface area contributed by atoms with Crippen molar-refractivity contribution >= 4 is 17.5 Å². The molecule has 0 aliphatic heterocycles. The van der Waals surface area contributed by atoms with Gasteiger partial charge >= 0.3 is 0 Å². The number of carbonyl (C=O) groups excluding carboxylic acids is 1. The smallest absolute Gasteiger partial charge is 0.253 e. The molecule has 0 spiro atoms. The molecular weight excluding hydrogens is 228 g/mol. The third kappa shape index (κ3) is 4.16. The third-order valence-corrected chi connectivity index (χ3v) is 2.16. The molecule has 16 heavy (non-hydrogen) atoms. The topological polar surface area (TPSA) is 51.2 Å². The van der Waals surface area contributed by atoms with E-state index in [1.807, 2.05) is 0 Å². The van der Waals surface area contributed by atoms with Crippen LogP contribution in [-0.4, -0.2) is 36.5 Å². The molecule has 0 aliphatic rings. The molecule has 1 aromatic rings. The summed E-state index contributed by atoms with van der Waals surface area (Å²) >= 11 is 5.44. The lowest BCUT2D eigenvalue weighted by molar-refractivity contribution is 0.0922. The molecule has 1 amide bonds. The largest absolute Gasteiger partial charge is 0.378 e. The van der Waals surface area contributed by atoms with Crippen molar-refractivity contribution in [3.63, 3.8) is 0 Å². The molecule has 0 radical (unpaired) electrons. The first kappa shape index (κ1) is 12.9. The number of pyridine rings is 1. The second kappa shape index (κ2) is 7.19. The summed E-state index contributed by atoms with van der Waals surface area (Å²) < 4.78 is 5.14. The molecule has 0 fully saturated rings. The fourth-order valence-electron chi connectivity index (χ4n) is 1.21. The molecule has 5 heteroatoms. The van der Waals surface area contributed by atoms with Crippen LogP contribution in [0.5, 0.6) is 0 Å². The highest BCUT2D eigenvalue weighted by Gasteiger charge is 2.07. The summed E-state index contributed by atoms with van der Waals surface area (Å²) in [7, 11) is 0. The zero-order valence-corrected chi connectivity index (χ0v) is 9.96. The standard InChI is InChI=1S/C11H15ClN2O2/c1-9-10(3-2-5-13-9)11(15)14-6-8-16-7-4-12/h2-3,5H,4,6-8H2,1H3,(H,14,15). The summed E-state index contributed by atoms with van der Waals surface area (Å²) in [6.45, 7) is 3.25. The number of aromatic nitrogens is 1. The van der Waals surface area contributed by atoms with Gasteiger partial charge in [0.25, 0.3) is 5.91 Å². The third-order valence-electron chi connectivity index (χ3n) is 2.01. The molecule has 0 atom stereocenters. The highest BCUT2D eigenvalue weighted by atomic mass is 35.5. The summed E-state index contributed by atoms with van der Waals surface area (Å²) in [5.41, 5.74) is 1.32. The first-order valence-corrected chi connectivity index (χ1v) is 5.62. The van der Waals surface area contributed by atoms with Crippen LogP contribution >= 0.6 is 11.6 Å². The van der Waals surface area contributed by atoms with E-state index in [-0.39, 0.29) is 5.91 Å². The molecule has 0 aromatic carbocycles. The van der Waals surface area contributed by atoms with Gasteiger partial charge in [-0.3, -0.25) is 9.78 Å². The van der Waals surface area contributed by atoms with E-state index in [0.29, 0.717) is 31.2 Å². The van der Waals surface area contributed by atoms with E-state index in [2.05, 4.69) is 10.3 Å². The summed E-state index contributed by atoms with van der Waals surface area (Å²) in [5, 5.41) is 2.75. The Bertz CT molecular complexity index is 345. The number of halogens is 1. The maximum Gasteiger partial charge on any atom is 0.253 e. The molecule has 0 saturated carbocycles. The minimum absolute atomic E-state index is 0.125. The molecule has 1 aromatic heterocycles. The lowest BCUT2D eigenvalue weighted by Gasteiger charge is -2.06. The Morgan fingerprint density at radius 2 is 2.38 bits per heavy atom. The second-order valence-electron chi connectivity index (χ2n) is 3.19. The molecule has 1 rings (SSSR count). The van der Waals surface area contributed by atoms with Gasteiger partial charge in [0, 0.05) is 24.3 Å². The number of ether oxygens (including phenoxy) is 1. The van der Waals surface area contributed by atoms with Crippen LogP contribution in [0.2, 0.25) is 0 Å². The molecule has 4 nitrogen and oxygen atoms in total. The Balaban J connectivity index is 2.33. The molecule has 1 heterocycles. The van der Waals surface area contributed by atoms with E-state index in [1.165, 1.54) is 0 Å². The van der Waals surface area contributed by atoms with Gasteiger partial charge in [-0.2, -0.15) is 0 Å². The monoisotopic (exact) mass is 242 g/mol. The maximum absolute atomic E-state index is 11.7. The lowest BCUT2D eigenvalue weighted by Crippen LogP contribution is -2.28. The van der Waals surface area contributed by atoms with Gasteiger partial charge in [-0.1, -0.05) is 0 Å². The van der Waals surface area contributed by atoms with Crippen LogP contribution in [0.15, 0.2) is 18.3 Å². The zero-order valence-electron chi connectivity index (χ0n) is 9.20. The van der Waals surface area contributed by atoms with Crippen molar-refractivity contribution < 1.29 is 9.53 Å². The number of hydrogen-bond acceptors (Lipinski definition) is 3. The fraction of sp³-hybridized carbons (Fsp3) is 0.455. The number of alkyl halides is 1. The Hall–Kier alpha value is -1.13. The number of amides is 1. The van der Waals surface area contributed by atoms with Crippen molar-refractivity contribution in [2.24, 2.45) is 0 Å². The van der Waals surface area contributed by atoms with Crippen molar-refractivity contribution in [1.29, 1.82) is 0 Å². The minimum atomic E-state index is -0.125. The van der Waals surface area contributed by atoms with E-state index in [1.54, 1.807) is 25.3 Å². The average Bonchev–Trinajstić information content (AvgIpc) is 2.29. The van der Waals surface area contributed by atoms with Gasteiger partial charge in [0.1, 0.15) is 0 Å². The number of nitrogens with one attached hydrogen (secondary N) is 1. The molecule has 0 unspecified atom stereocenters. The van der Waals surface area contributed by atoms with E-state index in [4.69, 9.17) is 16.3 Å². The van der Waals surface area contributed by atoms with Gasteiger partial charge in [-0.25, -0.2) is 0 Å². The van der Waals surface area contributed by atoms with E-state index in [0.717, 1.165) is 5.69 Å². The van der Waals surface area contributed by atoms with Gasteiger partial charge in [0.2, 0.25) is 0 Å². The number of nitrogens with zero attached hydrogens (tertiary/aromatic N) is 1. The summed E-state index contributed by atoms with van der Waals surface area (Å²) in [5.74, 6) is 0.343. The molecule has 0 bridgehead atoms. The van der Waals surface area contributed by atoms with Crippen LogP contribution < -0.4 is 5.32 Å². The predicted octanol–water partition coefficient (Wildman–Crippen LogP) is 1.38. The Morgan fingerprint density at radius 1 is 1.56 bits per heavy atom. The fourth-order valence-corrected chi connectivity index (χ4v) is 1.32. The number of carbonyl (C=O) groups is 1. The van der Waals surface area contributed by atoms with Crippen LogP contribution in [0.3, 0.4) is 0 Å². The molecule has 0 saturated heterocycles. The highest BCUT2D eigenvalue weighted by molar-refractivity contribution is 6.17. The van der Waals surface area contributed by atoms with Gasteiger partial charge in [0.15, 0.2) is 0 Å². The normalized spacial score (nSPS) is 10.1. The first-order valence-electron chi connectivity index (χ1n) is 5.09. The van der Waals surface area contributed by atoms with Crippen molar-refractivity contribution in [3.05, 3.63) is 29.6 Å². The lowest BCUT2D eigenvalue weighted by atomic mass is 10.2. The average molecular weight is 243 g/mol. The first-order chi connectivity index (χ1) is 7.75. The predicted molar refractivity (Wildman–Crippen MR) is 62.8 cm³/mol. The molecule has 0 aliphatic carbocycles. The Kier molecular flexibility index (Phi) is 5.82. The van der Waals surface area contributed by atoms with Crippen LogP contribution in [0, 0.1) is 6.92 Å². The van der Waals surface area contributed by atoms with Crippen LogP contribution in [0.1, 0.15) is 16.1 Å². The van der Waals surface area contributed by atoms with Gasteiger partial charge in [-0.15, -0.1) is 11.6 Å². The van der Waals surface area contributed by atoms with Gasteiger partial charge in [-0.05, 0) is 19.1 Å². The number of rotatable bonds is 6. The van der Waals surface area contributed by atoms with Crippen molar-refractivity contribution in [2.45, 2.75) is 6.92 Å². The van der Waals surface area contributed by atoms with Crippen molar-refractivity contribution in [1.82, 2.24) is 10.3 Å². The SMILES string of the molecule is Cc1ncccc1C(=O)NCCOCCCl. The maximum atomic E-state index is 11.7. The van der Waals surface area contributed by atoms with Crippen LogP contribution in [0.4, 0.5) is 0 Å². The van der Waals surface area contributed by atoms with Crippen LogP contribution in [0.25, 0.3) is 0 Å². The summed E-state index contributed by atoms with van der Waals surface area (Å²) in [4.78, 5) is 15.7. The van der Waals surface area contributed by atoms with Crippen molar-refractivity contribution in [2.75, 3.05) is 25.6 Å². The van der Waals surface area contributed by atoms with E-state index in [9.17, 15) is 4.79 Å². The number of aryl methyl sites for hydroxylation is 1. The quantitative estimate of drug-likeness (QED) is 0.606. The molecule has 1 N–H and O–H groups in total. The summed E-state index contributed by atoms with van der Waals surface area (Å²) in [6.07, 6.45) is 1.66. The van der Waals surface area contributed by atoms with Crippen molar-refractivity contribution in [3.8, 4) is 0 Å². The van der Waals surface area contributed by atoms with E-state index < -0.39 is 0 Å². The van der Waals surface area contributed by atoms with Gasteiger partial charge < -0.3 is 10.1 Å². The number of hydrogen-bond donors (Lipinski definition) is 1. The Morgan fingerprint density at radius 3 is 3.06 bits per heavy atom. The Labute approximate surface area is 100.0 Å². The van der Waals surface area contributed by atoms with Gasteiger partial charge in [0.05, 0.1) is 18.8 Å². The second-order valence-corrected chi connectivity index (χ2v) is 3.57. The van der Waals surface area contributed by atoms with Crippen LogP contribution in [-0.2, 0) is 4.74 Å². The highest BCUT2D eigenvalue weighted by Crippen LogP contribution is 2.02. The zero-order chi connectivity index (χ0) is 11.8.